The lowest BCUT2D eigenvalue weighted by Gasteiger charge is -2.13. The number of nitrogens with zero attached hydrogens (tertiary/aromatic N) is 3. The highest BCUT2D eigenvalue weighted by Gasteiger charge is 2.17. The van der Waals surface area contributed by atoms with E-state index in [0.717, 1.165) is 5.56 Å². The van der Waals surface area contributed by atoms with Crippen LogP contribution in [0.25, 0.3) is 0 Å². The zero-order chi connectivity index (χ0) is 19.9. The van der Waals surface area contributed by atoms with Crippen LogP contribution in [0.1, 0.15) is 18.1 Å². The molecular formula is C19H15FN4O2S2. The molecule has 0 aliphatic carbocycles. The summed E-state index contributed by atoms with van der Waals surface area (Å²) in [5.74, 6) is 0.498. The van der Waals surface area contributed by atoms with Gasteiger partial charge in [0.2, 0.25) is 5.13 Å². The molecule has 9 heteroatoms. The zero-order valence-corrected chi connectivity index (χ0v) is 16.4. The smallest absolute Gasteiger partial charge is 0.266 e. The molecule has 0 fully saturated rings. The predicted molar refractivity (Wildman–Crippen MR) is 106 cm³/mol. The maximum Gasteiger partial charge on any atom is 0.266 e. The molecular weight excluding hydrogens is 399 g/mol. The summed E-state index contributed by atoms with van der Waals surface area (Å²) >= 11 is 2.71. The van der Waals surface area contributed by atoms with Crippen LogP contribution in [0.3, 0.4) is 0 Å². The molecule has 1 amide bonds. The Morgan fingerprint density at radius 2 is 1.96 bits per heavy atom. The highest BCUT2D eigenvalue weighted by atomic mass is 32.2. The van der Waals surface area contributed by atoms with Gasteiger partial charge in [0.25, 0.3) is 5.91 Å². The first kappa shape index (κ1) is 19.8. The van der Waals surface area contributed by atoms with Crippen LogP contribution in [0.2, 0.25) is 0 Å². The van der Waals surface area contributed by atoms with Crippen molar-refractivity contribution in [3.8, 4) is 11.8 Å². The van der Waals surface area contributed by atoms with Crippen molar-refractivity contribution in [2.75, 3.05) is 5.32 Å². The second kappa shape index (κ2) is 9.30. The van der Waals surface area contributed by atoms with E-state index in [9.17, 15) is 9.18 Å². The fourth-order valence-electron chi connectivity index (χ4n) is 2.12. The molecule has 0 bridgehead atoms. The number of anilines is 1. The fraction of sp³-hybridized carbons (Fsp3) is 0.158. The van der Waals surface area contributed by atoms with Crippen LogP contribution in [0.15, 0.2) is 52.9 Å². The third-order valence-corrected chi connectivity index (χ3v) is 5.62. The minimum atomic E-state index is -0.743. The number of amides is 1. The Labute approximate surface area is 169 Å². The lowest BCUT2D eigenvalue weighted by Crippen LogP contribution is -2.30. The van der Waals surface area contributed by atoms with Crippen LogP contribution >= 0.6 is 23.1 Å². The first-order valence-corrected chi connectivity index (χ1v) is 10.0. The maximum absolute atomic E-state index is 12.9. The molecule has 142 valence electrons. The van der Waals surface area contributed by atoms with Crippen molar-refractivity contribution in [1.29, 1.82) is 5.26 Å². The van der Waals surface area contributed by atoms with Crippen molar-refractivity contribution in [2.45, 2.75) is 23.1 Å². The molecule has 1 atom stereocenters. The first-order valence-electron chi connectivity index (χ1n) is 8.22. The van der Waals surface area contributed by atoms with Crippen LogP contribution in [0.4, 0.5) is 9.52 Å². The summed E-state index contributed by atoms with van der Waals surface area (Å²) in [7, 11) is 0. The van der Waals surface area contributed by atoms with Gasteiger partial charge >= 0.3 is 0 Å². The topological polar surface area (TPSA) is 87.9 Å². The van der Waals surface area contributed by atoms with Crippen molar-refractivity contribution in [3.05, 3.63) is 65.5 Å². The number of thioether (sulfide) groups is 1. The van der Waals surface area contributed by atoms with Crippen molar-refractivity contribution < 1.29 is 13.9 Å². The van der Waals surface area contributed by atoms with Crippen LogP contribution < -0.4 is 10.1 Å². The molecule has 1 N–H and O–H groups in total. The van der Waals surface area contributed by atoms with Gasteiger partial charge in [-0.1, -0.05) is 35.2 Å². The van der Waals surface area contributed by atoms with Crippen molar-refractivity contribution in [3.63, 3.8) is 0 Å². The molecule has 0 radical (unpaired) electrons. The Morgan fingerprint density at radius 1 is 1.25 bits per heavy atom. The third kappa shape index (κ3) is 5.52. The van der Waals surface area contributed by atoms with Gasteiger partial charge in [0.05, 0.1) is 11.6 Å². The summed E-state index contributed by atoms with van der Waals surface area (Å²) in [5.41, 5.74) is 1.49. The number of hydrogen-bond donors (Lipinski definition) is 1. The Hall–Kier alpha value is -2.96. The summed E-state index contributed by atoms with van der Waals surface area (Å²) in [6, 6.07) is 14.8. The summed E-state index contributed by atoms with van der Waals surface area (Å²) in [5, 5.41) is 19.8. The van der Waals surface area contributed by atoms with Gasteiger partial charge in [-0.05, 0) is 48.9 Å². The van der Waals surface area contributed by atoms with E-state index < -0.39 is 6.10 Å². The van der Waals surface area contributed by atoms with E-state index in [1.165, 1.54) is 35.2 Å². The van der Waals surface area contributed by atoms with Crippen molar-refractivity contribution in [1.82, 2.24) is 10.2 Å². The summed E-state index contributed by atoms with van der Waals surface area (Å²) in [6.45, 7) is 1.62. The van der Waals surface area contributed by atoms with E-state index in [4.69, 9.17) is 10.00 Å². The largest absolute Gasteiger partial charge is 0.481 e. The summed E-state index contributed by atoms with van der Waals surface area (Å²) in [6.07, 6.45) is -0.743. The minimum absolute atomic E-state index is 0.271. The van der Waals surface area contributed by atoms with Crippen LogP contribution in [-0.4, -0.2) is 22.2 Å². The van der Waals surface area contributed by atoms with Gasteiger partial charge in [-0.2, -0.15) is 5.26 Å². The Bertz CT molecular complexity index is 984. The van der Waals surface area contributed by atoms with Crippen LogP contribution in [-0.2, 0) is 10.5 Å². The van der Waals surface area contributed by atoms with Gasteiger partial charge < -0.3 is 4.74 Å². The van der Waals surface area contributed by atoms with Gasteiger partial charge in [-0.15, -0.1) is 10.2 Å². The van der Waals surface area contributed by atoms with Crippen molar-refractivity contribution in [2.24, 2.45) is 0 Å². The number of carbonyl (C=O) groups excluding carboxylic acids is 1. The number of carbonyl (C=O) groups is 1. The number of hydrogen-bond acceptors (Lipinski definition) is 7. The third-order valence-electron chi connectivity index (χ3n) is 3.58. The van der Waals surface area contributed by atoms with E-state index in [1.54, 1.807) is 43.3 Å². The molecule has 0 aliphatic heterocycles. The lowest BCUT2D eigenvalue weighted by atomic mass is 10.2. The second-order valence-electron chi connectivity index (χ2n) is 5.67. The molecule has 1 unspecified atom stereocenters. The first-order chi connectivity index (χ1) is 13.5. The van der Waals surface area contributed by atoms with Gasteiger partial charge in [-0.25, -0.2) is 4.39 Å². The number of ether oxygens (including phenoxy) is 1. The van der Waals surface area contributed by atoms with E-state index in [-0.39, 0.29) is 11.7 Å². The second-order valence-corrected chi connectivity index (χ2v) is 7.87. The maximum atomic E-state index is 12.9. The van der Waals surface area contributed by atoms with Gasteiger partial charge in [-0.3, -0.25) is 10.1 Å². The molecule has 3 rings (SSSR count). The molecule has 0 saturated carbocycles. The highest BCUT2D eigenvalue weighted by Crippen LogP contribution is 2.28. The molecule has 2 aromatic carbocycles. The summed E-state index contributed by atoms with van der Waals surface area (Å²) in [4.78, 5) is 12.3. The van der Waals surface area contributed by atoms with Gasteiger partial charge in [0.1, 0.15) is 11.6 Å². The number of nitrogens with one attached hydrogen (secondary N) is 1. The monoisotopic (exact) mass is 414 g/mol. The minimum Gasteiger partial charge on any atom is -0.481 e. The number of nitriles is 1. The van der Waals surface area contributed by atoms with E-state index in [0.29, 0.717) is 26.5 Å². The summed E-state index contributed by atoms with van der Waals surface area (Å²) < 4.78 is 19.2. The average molecular weight is 414 g/mol. The van der Waals surface area contributed by atoms with Crippen molar-refractivity contribution >= 4 is 34.1 Å². The number of aromatic nitrogens is 2. The molecule has 0 saturated heterocycles. The number of rotatable bonds is 7. The average Bonchev–Trinajstić information content (AvgIpc) is 3.15. The lowest BCUT2D eigenvalue weighted by molar-refractivity contribution is -0.122. The molecule has 28 heavy (non-hydrogen) atoms. The quantitative estimate of drug-likeness (QED) is 0.459. The van der Waals surface area contributed by atoms with Crippen LogP contribution in [0, 0.1) is 17.1 Å². The van der Waals surface area contributed by atoms with E-state index in [2.05, 4.69) is 15.5 Å². The van der Waals surface area contributed by atoms with Crippen LogP contribution in [0.5, 0.6) is 5.75 Å². The SMILES string of the molecule is CC(Oc1ccc(C#N)cc1)C(=O)Nc1nnc(SCc2ccc(F)cc2)s1. The predicted octanol–water partition coefficient (Wildman–Crippen LogP) is 4.25. The van der Waals surface area contributed by atoms with E-state index in [1.807, 2.05) is 6.07 Å². The Balaban J connectivity index is 1.51. The molecule has 6 nitrogen and oxygen atoms in total. The number of halogens is 1. The molecule has 3 aromatic rings. The molecule has 0 spiro atoms. The standard InChI is InChI=1S/C19H15FN4O2S2/c1-12(26-16-8-4-13(10-21)5-9-16)17(25)22-18-23-24-19(28-18)27-11-14-2-6-15(20)7-3-14/h2-9,12H,11H2,1H3,(H,22,23,25). The molecule has 1 aromatic heterocycles. The molecule has 1 heterocycles. The van der Waals surface area contributed by atoms with Gasteiger partial charge in [0.15, 0.2) is 10.4 Å². The molecule has 0 aliphatic rings. The number of benzene rings is 2. The Kier molecular flexibility index (Phi) is 6.57. The van der Waals surface area contributed by atoms with Gasteiger partial charge in [0, 0.05) is 5.75 Å². The van der Waals surface area contributed by atoms with E-state index >= 15 is 0 Å². The highest BCUT2D eigenvalue weighted by molar-refractivity contribution is 8.00. The fourth-order valence-corrected chi connectivity index (χ4v) is 3.83. The zero-order valence-electron chi connectivity index (χ0n) is 14.8. The Morgan fingerprint density at radius 3 is 2.64 bits per heavy atom. The normalized spacial score (nSPS) is 11.5.